The zero-order valence-corrected chi connectivity index (χ0v) is 13.5. The number of hydrogen-bond donors (Lipinski definition) is 2. The Morgan fingerprint density at radius 1 is 1.29 bits per heavy atom. The van der Waals surface area contributed by atoms with Gasteiger partial charge in [0.15, 0.2) is 0 Å². The Kier molecular flexibility index (Phi) is 4.79. The van der Waals surface area contributed by atoms with Gasteiger partial charge in [-0.25, -0.2) is 4.79 Å². The highest BCUT2D eigenvalue weighted by Crippen LogP contribution is 2.15. The predicted octanol–water partition coefficient (Wildman–Crippen LogP) is 2.41. The minimum Gasteiger partial charge on any atom is -0.472 e. The van der Waals surface area contributed by atoms with Crippen molar-refractivity contribution in [3.63, 3.8) is 0 Å². The SMILES string of the molecule is Cc1cc(NC(=O)NC2CCN(C(=O)c3ccoc3)CC2)ccn1. The lowest BCUT2D eigenvalue weighted by atomic mass is 10.0. The monoisotopic (exact) mass is 328 g/mol. The zero-order chi connectivity index (χ0) is 16.9. The summed E-state index contributed by atoms with van der Waals surface area (Å²) in [6.45, 7) is 3.10. The van der Waals surface area contributed by atoms with Crippen LogP contribution in [0.4, 0.5) is 10.5 Å². The van der Waals surface area contributed by atoms with E-state index in [9.17, 15) is 9.59 Å². The van der Waals surface area contributed by atoms with Crippen LogP contribution in [0.1, 0.15) is 28.9 Å². The number of aromatic nitrogens is 1. The Labute approximate surface area is 140 Å². The van der Waals surface area contributed by atoms with Crippen LogP contribution in [0.5, 0.6) is 0 Å². The summed E-state index contributed by atoms with van der Waals surface area (Å²) in [7, 11) is 0. The van der Waals surface area contributed by atoms with Crippen LogP contribution in [0.15, 0.2) is 41.3 Å². The number of likely N-dealkylation sites (tertiary alicyclic amines) is 1. The van der Waals surface area contributed by atoms with Gasteiger partial charge in [0.2, 0.25) is 0 Å². The molecule has 0 aliphatic carbocycles. The van der Waals surface area contributed by atoms with Gasteiger partial charge in [-0.1, -0.05) is 0 Å². The van der Waals surface area contributed by atoms with E-state index in [1.54, 1.807) is 23.2 Å². The number of rotatable bonds is 3. The molecule has 24 heavy (non-hydrogen) atoms. The number of aryl methyl sites for hydroxylation is 1. The Morgan fingerprint density at radius 3 is 2.75 bits per heavy atom. The molecule has 7 heteroatoms. The topological polar surface area (TPSA) is 87.5 Å². The molecule has 3 rings (SSSR count). The molecular weight excluding hydrogens is 308 g/mol. The third kappa shape index (κ3) is 3.92. The lowest BCUT2D eigenvalue weighted by Crippen LogP contribution is -2.47. The number of carbonyl (C=O) groups excluding carboxylic acids is 2. The smallest absolute Gasteiger partial charge is 0.319 e. The standard InChI is InChI=1S/C17H20N4O3/c1-12-10-15(2-6-18-12)20-17(23)19-14-3-7-21(8-4-14)16(22)13-5-9-24-11-13/h2,5-6,9-11,14H,3-4,7-8H2,1H3,(H2,18,19,20,23). The number of nitrogens with zero attached hydrogens (tertiary/aromatic N) is 2. The van der Waals surface area contributed by atoms with Crippen LogP contribution in [0.2, 0.25) is 0 Å². The number of hydrogen-bond acceptors (Lipinski definition) is 4. The molecule has 0 aromatic carbocycles. The van der Waals surface area contributed by atoms with Crippen molar-refractivity contribution in [1.29, 1.82) is 0 Å². The van der Waals surface area contributed by atoms with Crippen molar-refractivity contribution in [1.82, 2.24) is 15.2 Å². The van der Waals surface area contributed by atoms with Crippen molar-refractivity contribution in [2.45, 2.75) is 25.8 Å². The number of pyridine rings is 1. The Morgan fingerprint density at radius 2 is 2.08 bits per heavy atom. The molecule has 2 aromatic heterocycles. The van der Waals surface area contributed by atoms with Crippen molar-refractivity contribution in [2.24, 2.45) is 0 Å². The third-order valence-electron chi connectivity index (χ3n) is 4.04. The second-order valence-corrected chi connectivity index (χ2v) is 5.86. The van der Waals surface area contributed by atoms with Gasteiger partial charge in [-0.3, -0.25) is 9.78 Å². The third-order valence-corrected chi connectivity index (χ3v) is 4.04. The maximum atomic E-state index is 12.2. The number of urea groups is 1. The Balaban J connectivity index is 1.47. The molecule has 1 saturated heterocycles. The second kappa shape index (κ2) is 7.16. The van der Waals surface area contributed by atoms with E-state index in [0.29, 0.717) is 24.3 Å². The van der Waals surface area contributed by atoms with Crippen molar-refractivity contribution in [3.8, 4) is 0 Å². The summed E-state index contributed by atoms with van der Waals surface area (Å²) in [5, 5.41) is 5.76. The van der Waals surface area contributed by atoms with E-state index < -0.39 is 0 Å². The minimum atomic E-state index is -0.236. The highest BCUT2D eigenvalue weighted by Gasteiger charge is 2.25. The predicted molar refractivity (Wildman–Crippen MR) is 88.8 cm³/mol. The molecule has 1 fully saturated rings. The lowest BCUT2D eigenvalue weighted by molar-refractivity contribution is 0.0708. The molecular formula is C17H20N4O3. The van der Waals surface area contributed by atoms with Crippen LogP contribution in [0, 0.1) is 6.92 Å². The van der Waals surface area contributed by atoms with Crippen LogP contribution in [-0.2, 0) is 0 Å². The van der Waals surface area contributed by atoms with Crippen LogP contribution >= 0.6 is 0 Å². The molecule has 3 amide bonds. The van der Waals surface area contributed by atoms with Crippen molar-refractivity contribution in [2.75, 3.05) is 18.4 Å². The van der Waals surface area contributed by atoms with E-state index in [1.165, 1.54) is 12.5 Å². The van der Waals surface area contributed by atoms with Gasteiger partial charge < -0.3 is 20.0 Å². The summed E-state index contributed by atoms with van der Waals surface area (Å²) >= 11 is 0. The quantitative estimate of drug-likeness (QED) is 0.906. The molecule has 2 aromatic rings. The van der Waals surface area contributed by atoms with E-state index in [2.05, 4.69) is 15.6 Å². The molecule has 0 bridgehead atoms. The molecule has 1 aliphatic rings. The van der Waals surface area contributed by atoms with Gasteiger partial charge in [0.25, 0.3) is 5.91 Å². The fourth-order valence-corrected chi connectivity index (χ4v) is 2.77. The first-order valence-electron chi connectivity index (χ1n) is 7.93. The molecule has 1 aliphatic heterocycles. The largest absolute Gasteiger partial charge is 0.472 e. The molecule has 126 valence electrons. The van der Waals surface area contributed by atoms with Gasteiger partial charge >= 0.3 is 6.03 Å². The number of nitrogens with one attached hydrogen (secondary N) is 2. The van der Waals surface area contributed by atoms with E-state index >= 15 is 0 Å². The Bertz CT molecular complexity index is 706. The summed E-state index contributed by atoms with van der Waals surface area (Å²) in [5.41, 5.74) is 2.12. The zero-order valence-electron chi connectivity index (χ0n) is 13.5. The summed E-state index contributed by atoms with van der Waals surface area (Å²) < 4.78 is 4.95. The molecule has 0 atom stereocenters. The van der Waals surface area contributed by atoms with Crippen molar-refractivity contribution in [3.05, 3.63) is 48.2 Å². The molecule has 0 radical (unpaired) electrons. The van der Waals surface area contributed by atoms with Gasteiger partial charge in [0.05, 0.1) is 11.8 Å². The Hall–Kier alpha value is -2.83. The molecule has 0 spiro atoms. The maximum absolute atomic E-state index is 12.2. The van der Waals surface area contributed by atoms with Crippen LogP contribution in [0.25, 0.3) is 0 Å². The molecule has 0 unspecified atom stereocenters. The normalized spacial score (nSPS) is 15.1. The highest BCUT2D eigenvalue weighted by molar-refractivity contribution is 5.94. The molecule has 0 saturated carbocycles. The highest BCUT2D eigenvalue weighted by atomic mass is 16.3. The van der Waals surface area contributed by atoms with Gasteiger partial charge in [-0.15, -0.1) is 0 Å². The van der Waals surface area contributed by atoms with Gasteiger partial charge in [-0.05, 0) is 38.0 Å². The van der Waals surface area contributed by atoms with Crippen LogP contribution < -0.4 is 10.6 Å². The summed E-state index contributed by atoms with van der Waals surface area (Å²) in [6, 6.07) is 5.04. The average Bonchev–Trinajstić information content (AvgIpc) is 3.09. The molecule has 2 N–H and O–H groups in total. The number of piperidine rings is 1. The summed E-state index contributed by atoms with van der Waals surface area (Å²) in [4.78, 5) is 30.2. The molecule has 7 nitrogen and oxygen atoms in total. The number of carbonyl (C=O) groups is 2. The fraction of sp³-hybridized carbons (Fsp3) is 0.353. The average molecular weight is 328 g/mol. The number of furan rings is 1. The first kappa shape index (κ1) is 16.0. The van der Waals surface area contributed by atoms with E-state index in [1.807, 2.05) is 13.0 Å². The fourth-order valence-electron chi connectivity index (χ4n) is 2.77. The first-order chi connectivity index (χ1) is 11.6. The number of amides is 3. The van der Waals surface area contributed by atoms with E-state index in [4.69, 9.17) is 4.42 Å². The van der Waals surface area contributed by atoms with Gasteiger partial charge in [0, 0.05) is 36.7 Å². The minimum absolute atomic E-state index is 0.0288. The van der Waals surface area contributed by atoms with Crippen molar-refractivity contribution < 1.29 is 14.0 Å². The summed E-state index contributed by atoms with van der Waals surface area (Å²) in [5.74, 6) is -0.0288. The van der Waals surface area contributed by atoms with Crippen LogP contribution in [-0.4, -0.2) is 41.0 Å². The molecule has 3 heterocycles. The number of anilines is 1. The van der Waals surface area contributed by atoms with Crippen molar-refractivity contribution >= 4 is 17.6 Å². The lowest BCUT2D eigenvalue weighted by Gasteiger charge is -2.32. The maximum Gasteiger partial charge on any atom is 0.319 e. The second-order valence-electron chi connectivity index (χ2n) is 5.86. The van der Waals surface area contributed by atoms with Crippen LogP contribution in [0.3, 0.4) is 0 Å². The van der Waals surface area contributed by atoms with Gasteiger partial charge in [-0.2, -0.15) is 0 Å². The summed E-state index contributed by atoms with van der Waals surface area (Å²) in [6.07, 6.45) is 6.06. The van der Waals surface area contributed by atoms with Gasteiger partial charge in [0.1, 0.15) is 6.26 Å². The van der Waals surface area contributed by atoms with E-state index in [0.717, 1.165) is 18.5 Å². The first-order valence-corrected chi connectivity index (χ1v) is 7.93. The van der Waals surface area contributed by atoms with E-state index in [-0.39, 0.29) is 18.0 Å².